The maximum atomic E-state index is 5.73. The molecule has 2 heteroatoms. The van der Waals surface area contributed by atoms with Gasteiger partial charge in [0.05, 0.1) is 0 Å². The Morgan fingerprint density at radius 3 is 2.75 bits per heavy atom. The van der Waals surface area contributed by atoms with Crippen LogP contribution in [0.15, 0.2) is 18.2 Å². The van der Waals surface area contributed by atoms with Crippen LogP contribution in [0.5, 0.6) is 0 Å². The maximum Gasteiger partial charge on any atom is 0.0239 e. The first kappa shape index (κ1) is 14.1. The highest BCUT2D eigenvalue weighted by Gasteiger charge is 2.32. The maximum absolute atomic E-state index is 5.73. The smallest absolute Gasteiger partial charge is 0.0239 e. The van der Waals surface area contributed by atoms with Crippen LogP contribution in [-0.2, 0) is 13.1 Å². The molecule has 1 aromatic rings. The van der Waals surface area contributed by atoms with Crippen molar-refractivity contribution in [2.45, 2.75) is 64.6 Å². The summed E-state index contributed by atoms with van der Waals surface area (Å²) < 4.78 is 0. The fourth-order valence-corrected chi connectivity index (χ4v) is 4.21. The van der Waals surface area contributed by atoms with Gasteiger partial charge in [0.2, 0.25) is 0 Å². The molecular formula is C18H28N2. The number of nitrogens with two attached hydrogens (primary N) is 1. The Bertz CT molecular complexity index is 453. The zero-order valence-corrected chi connectivity index (χ0v) is 12.8. The van der Waals surface area contributed by atoms with Gasteiger partial charge >= 0.3 is 0 Å². The van der Waals surface area contributed by atoms with Gasteiger partial charge in [-0.3, -0.25) is 4.90 Å². The van der Waals surface area contributed by atoms with Gasteiger partial charge in [-0.15, -0.1) is 0 Å². The van der Waals surface area contributed by atoms with Gasteiger partial charge in [-0.1, -0.05) is 31.0 Å². The summed E-state index contributed by atoms with van der Waals surface area (Å²) in [5.41, 5.74) is 9.88. The summed E-state index contributed by atoms with van der Waals surface area (Å²) in [5, 5.41) is 0. The Kier molecular flexibility index (Phi) is 4.42. The zero-order chi connectivity index (χ0) is 13.9. The SMILES string of the molecule is Cc1cc(CN)ccc1CN1CCC[C@H]2CCCC[C@H]21. The van der Waals surface area contributed by atoms with Crippen molar-refractivity contribution in [2.75, 3.05) is 6.54 Å². The van der Waals surface area contributed by atoms with Gasteiger partial charge in [-0.25, -0.2) is 0 Å². The lowest BCUT2D eigenvalue weighted by Gasteiger charge is -2.44. The van der Waals surface area contributed by atoms with Crippen LogP contribution in [0.1, 0.15) is 55.2 Å². The largest absolute Gasteiger partial charge is 0.326 e. The summed E-state index contributed by atoms with van der Waals surface area (Å²) >= 11 is 0. The van der Waals surface area contributed by atoms with Crippen LogP contribution < -0.4 is 5.73 Å². The lowest BCUT2D eigenvalue weighted by Crippen LogP contribution is -2.46. The third kappa shape index (κ3) is 2.91. The number of likely N-dealkylation sites (tertiary alicyclic amines) is 1. The van der Waals surface area contributed by atoms with E-state index in [1.165, 1.54) is 61.8 Å². The Labute approximate surface area is 123 Å². The van der Waals surface area contributed by atoms with E-state index in [0.717, 1.165) is 18.5 Å². The molecule has 0 aromatic heterocycles. The minimum absolute atomic E-state index is 0.648. The summed E-state index contributed by atoms with van der Waals surface area (Å²) in [4.78, 5) is 2.76. The number of aryl methyl sites for hydroxylation is 1. The third-order valence-electron chi connectivity index (χ3n) is 5.37. The number of hydrogen-bond donors (Lipinski definition) is 1. The van der Waals surface area contributed by atoms with Crippen LogP contribution >= 0.6 is 0 Å². The summed E-state index contributed by atoms with van der Waals surface area (Å²) in [6.45, 7) is 5.31. The quantitative estimate of drug-likeness (QED) is 0.911. The molecule has 2 fully saturated rings. The molecule has 0 spiro atoms. The lowest BCUT2D eigenvalue weighted by molar-refractivity contribution is 0.0545. The molecule has 2 atom stereocenters. The summed E-state index contributed by atoms with van der Waals surface area (Å²) in [6.07, 6.45) is 8.63. The molecule has 0 bridgehead atoms. The van der Waals surface area contributed by atoms with Gasteiger partial charge in [0.15, 0.2) is 0 Å². The number of rotatable bonds is 3. The molecule has 1 saturated carbocycles. The first-order chi connectivity index (χ1) is 9.78. The second-order valence-electron chi connectivity index (χ2n) is 6.69. The van der Waals surface area contributed by atoms with Crippen LogP contribution in [0.4, 0.5) is 0 Å². The molecule has 2 aliphatic rings. The number of benzene rings is 1. The van der Waals surface area contributed by atoms with Crippen molar-refractivity contribution in [3.8, 4) is 0 Å². The van der Waals surface area contributed by atoms with Crippen molar-refractivity contribution >= 4 is 0 Å². The van der Waals surface area contributed by atoms with E-state index in [1.807, 2.05) is 0 Å². The average Bonchev–Trinajstić information content (AvgIpc) is 2.49. The van der Waals surface area contributed by atoms with E-state index in [9.17, 15) is 0 Å². The van der Waals surface area contributed by atoms with Gasteiger partial charge in [0.1, 0.15) is 0 Å². The van der Waals surface area contributed by atoms with Crippen molar-refractivity contribution in [1.82, 2.24) is 4.90 Å². The molecule has 110 valence electrons. The predicted octanol–water partition coefficient (Wildman–Crippen LogP) is 3.61. The Balaban J connectivity index is 1.72. The van der Waals surface area contributed by atoms with Crippen molar-refractivity contribution < 1.29 is 0 Å². The predicted molar refractivity (Wildman–Crippen MR) is 84.5 cm³/mol. The topological polar surface area (TPSA) is 29.3 Å². The third-order valence-corrected chi connectivity index (χ3v) is 5.37. The summed E-state index contributed by atoms with van der Waals surface area (Å²) in [6, 6.07) is 7.61. The Hall–Kier alpha value is -0.860. The molecule has 1 saturated heterocycles. The highest BCUT2D eigenvalue weighted by atomic mass is 15.2. The average molecular weight is 272 g/mol. The molecule has 20 heavy (non-hydrogen) atoms. The second-order valence-corrected chi connectivity index (χ2v) is 6.69. The van der Waals surface area contributed by atoms with E-state index in [2.05, 4.69) is 30.0 Å². The Morgan fingerprint density at radius 1 is 1.15 bits per heavy atom. The van der Waals surface area contributed by atoms with Gasteiger partial charge < -0.3 is 5.73 Å². The minimum atomic E-state index is 0.648. The van der Waals surface area contributed by atoms with Crippen LogP contribution in [0.3, 0.4) is 0 Å². The first-order valence-corrected chi connectivity index (χ1v) is 8.30. The fourth-order valence-electron chi connectivity index (χ4n) is 4.21. The lowest BCUT2D eigenvalue weighted by atomic mass is 9.78. The molecule has 1 aliphatic heterocycles. The molecule has 0 amide bonds. The van der Waals surface area contributed by atoms with Crippen molar-refractivity contribution in [2.24, 2.45) is 11.7 Å². The van der Waals surface area contributed by atoms with Crippen LogP contribution in [0.2, 0.25) is 0 Å². The highest BCUT2D eigenvalue weighted by molar-refractivity contribution is 5.31. The normalized spacial score (nSPS) is 27.3. The molecule has 2 N–H and O–H groups in total. The van der Waals surface area contributed by atoms with Gasteiger partial charge in [-0.05, 0) is 61.8 Å². The molecule has 1 aromatic carbocycles. The zero-order valence-electron chi connectivity index (χ0n) is 12.8. The van der Waals surface area contributed by atoms with Crippen molar-refractivity contribution in [3.05, 3.63) is 34.9 Å². The van der Waals surface area contributed by atoms with E-state index in [1.54, 1.807) is 0 Å². The van der Waals surface area contributed by atoms with Crippen LogP contribution in [-0.4, -0.2) is 17.5 Å². The second kappa shape index (κ2) is 6.28. The molecule has 3 rings (SSSR count). The first-order valence-electron chi connectivity index (χ1n) is 8.30. The van der Waals surface area contributed by atoms with Crippen LogP contribution in [0.25, 0.3) is 0 Å². The van der Waals surface area contributed by atoms with Crippen molar-refractivity contribution in [3.63, 3.8) is 0 Å². The molecular weight excluding hydrogens is 244 g/mol. The number of piperidine rings is 1. The Morgan fingerprint density at radius 2 is 1.95 bits per heavy atom. The molecule has 1 heterocycles. The van der Waals surface area contributed by atoms with E-state index in [4.69, 9.17) is 5.73 Å². The highest BCUT2D eigenvalue weighted by Crippen LogP contribution is 2.36. The number of hydrogen-bond acceptors (Lipinski definition) is 2. The molecule has 0 radical (unpaired) electrons. The minimum Gasteiger partial charge on any atom is -0.326 e. The number of nitrogens with zero attached hydrogens (tertiary/aromatic N) is 1. The standard InChI is InChI=1S/C18H28N2/c1-14-11-15(12-19)8-9-17(14)13-20-10-4-6-16-5-2-3-7-18(16)20/h8-9,11,16,18H,2-7,10,12-13,19H2,1H3/t16-,18-/m1/s1. The fraction of sp³-hybridized carbons (Fsp3) is 0.667. The molecule has 0 unspecified atom stereocenters. The van der Waals surface area contributed by atoms with E-state index in [-0.39, 0.29) is 0 Å². The van der Waals surface area contributed by atoms with Crippen molar-refractivity contribution in [1.29, 1.82) is 0 Å². The molecule has 1 aliphatic carbocycles. The van der Waals surface area contributed by atoms with Crippen LogP contribution in [0, 0.1) is 12.8 Å². The molecule has 2 nitrogen and oxygen atoms in total. The van der Waals surface area contributed by atoms with E-state index >= 15 is 0 Å². The van der Waals surface area contributed by atoms with E-state index < -0.39 is 0 Å². The summed E-state index contributed by atoms with van der Waals surface area (Å²) in [5.74, 6) is 0.973. The van der Waals surface area contributed by atoms with E-state index in [0.29, 0.717) is 6.54 Å². The summed E-state index contributed by atoms with van der Waals surface area (Å²) in [7, 11) is 0. The van der Waals surface area contributed by atoms with Gasteiger partial charge in [0.25, 0.3) is 0 Å². The van der Waals surface area contributed by atoms with Gasteiger partial charge in [0, 0.05) is 19.1 Å². The monoisotopic (exact) mass is 272 g/mol. The number of fused-ring (bicyclic) bond motifs is 1. The van der Waals surface area contributed by atoms with Gasteiger partial charge in [-0.2, -0.15) is 0 Å².